The summed E-state index contributed by atoms with van der Waals surface area (Å²) >= 11 is 0. The van der Waals surface area contributed by atoms with Crippen LogP contribution >= 0.6 is 0 Å². The summed E-state index contributed by atoms with van der Waals surface area (Å²) in [6.07, 6.45) is 1.87. The normalized spacial score (nSPS) is 15.6. The van der Waals surface area contributed by atoms with Crippen molar-refractivity contribution in [2.24, 2.45) is 5.92 Å². The predicted molar refractivity (Wildman–Crippen MR) is 97.0 cm³/mol. The Morgan fingerprint density at radius 1 is 1.19 bits per heavy atom. The van der Waals surface area contributed by atoms with Gasteiger partial charge in [-0.25, -0.2) is 8.42 Å². The molecule has 1 atom stereocenters. The van der Waals surface area contributed by atoms with Crippen LogP contribution in [0.1, 0.15) is 37.8 Å². The lowest BCUT2D eigenvalue weighted by atomic mass is 10.1. The van der Waals surface area contributed by atoms with Crippen LogP contribution in [-0.2, 0) is 24.3 Å². The molecule has 2 N–H and O–H groups in total. The minimum atomic E-state index is -3.89. The average Bonchev–Trinajstić information content (AvgIpc) is 3.36. The average molecular weight is 382 g/mol. The molecular weight excluding hydrogens is 356 g/mol. The molecule has 1 fully saturated rings. The SMILES string of the molecule is Cc1ccc(S(=O)(=O)N[C@H](C(=O)OCC(=O)NC2CC2)C(C)C)cc1C. The van der Waals surface area contributed by atoms with Crippen LogP contribution in [0.25, 0.3) is 0 Å². The predicted octanol–water partition coefficient (Wildman–Crippen LogP) is 1.43. The zero-order valence-corrected chi connectivity index (χ0v) is 16.4. The molecule has 1 amide bonds. The second kappa shape index (κ2) is 8.18. The first-order chi connectivity index (χ1) is 12.1. The Kier molecular flexibility index (Phi) is 6.41. The van der Waals surface area contributed by atoms with Crippen molar-refractivity contribution in [3.8, 4) is 0 Å². The van der Waals surface area contributed by atoms with Gasteiger partial charge in [-0.15, -0.1) is 0 Å². The number of carbonyl (C=O) groups is 2. The summed E-state index contributed by atoms with van der Waals surface area (Å²) in [4.78, 5) is 24.0. The van der Waals surface area contributed by atoms with Gasteiger partial charge in [0.1, 0.15) is 6.04 Å². The monoisotopic (exact) mass is 382 g/mol. The molecule has 0 saturated heterocycles. The number of sulfonamides is 1. The van der Waals surface area contributed by atoms with E-state index in [-0.39, 0.29) is 22.8 Å². The summed E-state index contributed by atoms with van der Waals surface area (Å²) in [5.41, 5.74) is 1.82. The van der Waals surface area contributed by atoms with E-state index >= 15 is 0 Å². The van der Waals surface area contributed by atoms with Crippen LogP contribution in [0, 0.1) is 19.8 Å². The highest BCUT2D eigenvalue weighted by Crippen LogP contribution is 2.18. The van der Waals surface area contributed by atoms with E-state index in [1.807, 2.05) is 13.8 Å². The van der Waals surface area contributed by atoms with Gasteiger partial charge in [0, 0.05) is 6.04 Å². The van der Waals surface area contributed by atoms with Gasteiger partial charge in [-0.1, -0.05) is 19.9 Å². The molecule has 1 aliphatic rings. The second-order valence-electron chi connectivity index (χ2n) is 7.04. The standard InChI is InChI=1S/C18H26N2O5S/c1-11(2)17(18(22)25-10-16(21)19-14-6-7-14)20-26(23,24)15-8-5-12(3)13(4)9-15/h5,8-9,11,14,17,20H,6-7,10H2,1-4H3,(H,19,21)/t17-/m0/s1. The Bertz CT molecular complexity index is 785. The highest BCUT2D eigenvalue weighted by atomic mass is 32.2. The molecule has 1 saturated carbocycles. The van der Waals surface area contributed by atoms with Gasteiger partial charge >= 0.3 is 5.97 Å². The van der Waals surface area contributed by atoms with Crippen LogP contribution in [0.3, 0.4) is 0 Å². The van der Waals surface area contributed by atoms with Crippen molar-refractivity contribution in [3.05, 3.63) is 29.3 Å². The molecule has 7 nitrogen and oxygen atoms in total. The maximum absolute atomic E-state index is 12.6. The van der Waals surface area contributed by atoms with Gasteiger partial charge in [-0.2, -0.15) is 4.72 Å². The molecular formula is C18H26N2O5S. The first kappa shape index (κ1) is 20.4. The zero-order valence-electron chi connectivity index (χ0n) is 15.5. The van der Waals surface area contributed by atoms with Crippen LogP contribution in [-0.4, -0.2) is 39.0 Å². The van der Waals surface area contributed by atoms with Crippen molar-refractivity contribution in [1.29, 1.82) is 0 Å². The number of hydrogen-bond donors (Lipinski definition) is 2. The summed E-state index contributed by atoms with van der Waals surface area (Å²) in [5, 5.41) is 2.71. The van der Waals surface area contributed by atoms with E-state index in [1.54, 1.807) is 26.0 Å². The fourth-order valence-corrected chi connectivity index (χ4v) is 3.71. The summed E-state index contributed by atoms with van der Waals surface area (Å²) < 4.78 is 32.6. The van der Waals surface area contributed by atoms with Crippen molar-refractivity contribution in [3.63, 3.8) is 0 Å². The van der Waals surface area contributed by atoms with Crippen LogP contribution in [0.5, 0.6) is 0 Å². The summed E-state index contributed by atoms with van der Waals surface area (Å²) in [6, 6.07) is 3.87. The van der Waals surface area contributed by atoms with Crippen LogP contribution in [0.4, 0.5) is 0 Å². The van der Waals surface area contributed by atoms with Gasteiger partial charge < -0.3 is 10.1 Å². The Balaban J connectivity index is 2.04. The summed E-state index contributed by atoms with van der Waals surface area (Å²) in [5.74, 6) is -1.48. The van der Waals surface area contributed by atoms with Crippen molar-refractivity contribution >= 4 is 21.9 Å². The van der Waals surface area contributed by atoms with Crippen molar-refractivity contribution in [1.82, 2.24) is 10.0 Å². The first-order valence-corrected chi connectivity index (χ1v) is 10.1. The number of carbonyl (C=O) groups excluding carboxylic acids is 2. The van der Waals surface area contributed by atoms with Crippen molar-refractivity contribution in [2.45, 2.75) is 57.5 Å². The molecule has 1 aliphatic carbocycles. The lowest BCUT2D eigenvalue weighted by Crippen LogP contribution is -2.46. The van der Waals surface area contributed by atoms with E-state index in [9.17, 15) is 18.0 Å². The molecule has 0 radical (unpaired) electrons. The Hall–Kier alpha value is -1.93. The molecule has 8 heteroatoms. The van der Waals surface area contributed by atoms with Gasteiger partial charge in [0.15, 0.2) is 6.61 Å². The van der Waals surface area contributed by atoms with E-state index in [0.717, 1.165) is 24.0 Å². The number of nitrogens with one attached hydrogen (secondary N) is 2. The fraction of sp³-hybridized carbons (Fsp3) is 0.556. The van der Waals surface area contributed by atoms with E-state index < -0.39 is 28.6 Å². The van der Waals surface area contributed by atoms with Crippen molar-refractivity contribution in [2.75, 3.05) is 6.61 Å². The Morgan fingerprint density at radius 3 is 2.38 bits per heavy atom. The van der Waals surface area contributed by atoms with Crippen LogP contribution < -0.4 is 10.0 Å². The lowest BCUT2D eigenvalue weighted by molar-refractivity contribution is -0.151. The van der Waals surface area contributed by atoms with Gasteiger partial charge in [-0.3, -0.25) is 9.59 Å². The molecule has 0 unspecified atom stereocenters. The maximum atomic E-state index is 12.6. The number of benzene rings is 1. The molecule has 1 aromatic carbocycles. The molecule has 0 spiro atoms. The molecule has 1 aromatic rings. The van der Waals surface area contributed by atoms with E-state index in [1.165, 1.54) is 6.07 Å². The number of aryl methyl sites for hydroxylation is 2. The van der Waals surface area contributed by atoms with Gasteiger partial charge in [0.25, 0.3) is 5.91 Å². The fourth-order valence-electron chi connectivity index (χ4n) is 2.30. The van der Waals surface area contributed by atoms with Crippen molar-refractivity contribution < 1.29 is 22.7 Å². The van der Waals surface area contributed by atoms with E-state index in [0.29, 0.717) is 0 Å². The Morgan fingerprint density at radius 2 is 1.85 bits per heavy atom. The highest BCUT2D eigenvalue weighted by molar-refractivity contribution is 7.89. The smallest absolute Gasteiger partial charge is 0.324 e. The number of esters is 1. The number of rotatable bonds is 8. The second-order valence-corrected chi connectivity index (χ2v) is 8.75. The molecule has 0 aromatic heterocycles. The summed E-state index contributed by atoms with van der Waals surface area (Å²) in [7, 11) is -3.89. The topological polar surface area (TPSA) is 102 Å². The molecule has 0 bridgehead atoms. The summed E-state index contributed by atoms with van der Waals surface area (Å²) in [6.45, 7) is 6.71. The largest absolute Gasteiger partial charge is 0.454 e. The van der Waals surface area contributed by atoms with E-state index in [2.05, 4.69) is 10.0 Å². The molecule has 144 valence electrons. The minimum Gasteiger partial charge on any atom is -0.454 e. The van der Waals surface area contributed by atoms with Gasteiger partial charge in [0.2, 0.25) is 10.0 Å². The third-order valence-corrected chi connectivity index (χ3v) is 5.72. The van der Waals surface area contributed by atoms with Crippen LogP contribution in [0.2, 0.25) is 0 Å². The molecule has 26 heavy (non-hydrogen) atoms. The first-order valence-electron chi connectivity index (χ1n) is 8.65. The number of ether oxygens (including phenoxy) is 1. The lowest BCUT2D eigenvalue weighted by Gasteiger charge is -2.21. The van der Waals surface area contributed by atoms with Gasteiger partial charge in [-0.05, 0) is 55.9 Å². The molecule has 0 aliphatic heterocycles. The highest BCUT2D eigenvalue weighted by Gasteiger charge is 2.31. The van der Waals surface area contributed by atoms with E-state index in [4.69, 9.17) is 4.74 Å². The van der Waals surface area contributed by atoms with Crippen LogP contribution in [0.15, 0.2) is 23.1 Å². The third kappa shape index (κ3) is 5.54. The third-order valence-electron chi connectivity index (χ3n) is 4.28. The Labute approximate surface area is 154 Å². The van der Waals surface area contributed by atoms with Gasteiger partial charge in [0.05, 0.1) is 4.90 Å². The zero-order chi connectivity index (χ0) is 19.5. The molecule has 0 heterocycles. The molecule has 2 rings (SSSR count). The number of hydrogen-bond acceptors (Lipinski definition) is 5. The number of amides is 1. The minimum absolute atomic E-state index is 0.0885. The quantitative estimate of drug-likeness (QED) is 0.662. The maximum Gasteiger partial charge on any atom is 0.324 e.